The number of nitro groups is 1. The highest BCUT2D eigenvalue weighted by Gasteiger charge is 2.37. The van der Waals surface area contributed by atoms with Crippen molar-refractivity contribution in [3.05, 3.63) is 68.8 Å². The van der Waals surface area contributed by atoms with E-state index < -0.39 is 16.5 Å². The summed E-state index contributed by atoms with van der Waals surface area (Å²) in [5, 5.41) is 11.2. The van der Waals surface area contributed by atoms with Crippen LogP contribution in [0.2, 0.25) is 0 Å². The van der Waals surface area contributed by atoms with Crippen molar-refractivity contribution in [1.29, 1.82) is 0 Å². The largest absolute Gasteiger partial charge is 0.493 e. The molecule has 0 aliphatic heterocycles. The molecule has 2 aromatic carbocycles. The first-order valence-corrected chi connectivity index (χ1v) is 6.68. The molecule has 6 nitrogen and oxygen atoms in total. The van der Waals surface area contributed by atoms with Crippen LogP contribution in [0.3, 0.4) is 0 Å². The van der Waals surface area contributed by atoms with Gasteiger partial charge in [-0.25, -0.2) is 0 Å². The number of hydrogen-bond acceptors (Lipinski definition) is 5. The van der Waals surface area contributed by atoms with E-state index in [-0.39, 0.29) is 40.3 Å². The van der Waals surface area contributed by atoms with Crippen molar-refractivity contribution < 1.29 is 19.2 Å². The molecule has 0 heterocycles. The average Bonchev–Trinajstić information content (AvgIpc) is 2.52. The lowest BCUT2D eigenvalue weighted by molar-refractivity contribution is -0.385. The van der Waals surface area contributed by atoms with E-state index in [2.05, 4.69) is 0 Å². The van der Waals surface area contributed by atoms with Crippen LogP contribution in [-0.4, -0.2) is 23.1 Å². The van der Waals surface area contributed by atoms with E-state index in [4.69, 9.17) is 4.74 Å². The van der Waals surface area contributed by atoms with Gasteiger partial charge in [-0.2, -0.15) is 0 Å². The van der Waals surface area contributed by atoms with Crippen LogP contribution >= 0.6 is 0 Å². The van der Waals surface area contributed by atoms with Crippen molar-refractivity contribution in [2.75, 3.05) is 6.61 Å². The van der Waals surface area contributed by atoms with Gasteiger partial charge in [-0.1, -0.05) is 24.3 Å². The lowest BCUT2D eigenvalue weighted by atomic mass is 9.83. The molecule has 2 aromatic rings. The van der Waals surface area contributed by atoms with Crippen LogP contribution in [0.15, 0.2) is 36.4 Å². The summed E-state index contributed by atoms with van der Waals surface area (Å²) in [5.41, 5.74) is -0.191. The van der Waals surface area contributed by atoms with Gasteiger partial charge in [-0.3, -0.25) is 19.7 Å². The zero-order chi connectivity index (χ0) is 15.9. The monoisotopic (exact) mass is 297 g/mol. The molecule has 110 valence electrons. The Balaban J connectivity index is 2.36. The minimum atomic E-state index is -0.659. The van der Waals surface area contributed by atoms with Gasteiger partial charge in [-0.05, 0) is 13.0 Å². The standard InChI is InChI=1S/C16H11NO5/c1-2-22-12-8-7-11(17(20)21)13-14(12)16(19)10-6-4-3-5-9(10)15(13)18/h3-8H,2H2,1H3. The SMILES string of the molecule is CCOc1ccc([N+](=O)[O-])c2c1C(=O)c1ccccc1C2=O. The highest BCUT2D eigenvalue weighted by molar-refractivity contribution is 6.30. The van der Waals surface area contributed by atoms with Gasteiger partial charge in [0.1, 0.15) is 11.3 Å². The molecule has 0 amide bonds. The van der Waals surface area contributed by atoms with Crippen molar-refractivity contribution in [3.8, 4) is 5.75 Å². The number of nitro benzene ring substituents is 1. The summed E-state index contributed by atoms with van der Waals surface area (Å²) in [5.74, 6) is -0.772. The molecule has 22 heavy (non-hydrogen) atoms. The van der Waals surface area contributed by atoms with Gasteiger partial charge in [0, 0.05) is 17.2 Å². The molecule has 0 fully saturated rings. The second-order valence-corrected chi connectivity index (χ2v) is 4.73. The fraction of sp³-hybridized carbons (Fsp3) is 0.125. The molecule has 3 rings (SSSR count). The highest BCUT2D eigenvalue weighted by atomic mass is 16.6. The number of carbonyl (C=O) groups is 2. The van der Waals surface area contributed by atoms with E-state index in [1.165, 1.54) is 24.3 Å². The molecule has 1 aliphatic carbocycles. The number of benzene rings is 2. The predicted octanol–water partition coefficient (Wildman–Crippen LogP) is 2.77. The van der Waals surface area contributed by atoms with Gasteiger partial charge >= 0.3 is 0 Å². The predicted molar refractivity (Wildman–Crippen MR) is 77.6 cm³/mol. The van der Waals surface area contributed by atoms with E-state index in [0.717, 1.165) is 0 Å². The third kappa shape index (κ3) is 1.88. The lowest BCUT2D eigenvalue weighted by Crippen LogP contribution is -2.23. The Morgan fingerprint density at radius 3 is 2.14 bits per heavy atom. The average molecular weight is 297 g/mol. The summed E-state index contributed by atoms with van der Waals surface area (Å²) < 4.78 is 5.38. The molecule has 0 radical (unpaired) electrons. The minimum Gasteiger partial charge on any atom is -0.493 e. The Bertz CT molecular complexity index is 825. The number of ketones is 2. The van der Waals surface area contributed by atoms with Gasteiger partial charge in [0.15, 0.2) is 5.78 Å². The first-order chi connectivity index (χ1) is 10.6. The second-order valence-electron chi connectivity index (χ2n) is 4.73. The zero-order valence-corrected chi connectivity index (χ0v) is 11.7. The molecule has 6 heteroatoms. The third-order valence-corrected chi connectivity index (χ3v) is 3.51. The maximum absolute atomic E-state index is 12.7. The summed E-state index contributed by atoms with van der Waals surface area (Å²) >= 11 is 0. The number of hydrogen-bond donors (Lipinski definition) is 0. The summed E-state index contributed by atoms with van der Waals surface area (Å²) in [6, 6.07) is 8.85. The molecule has 0 atom stereocenters. The van der Waals surface area contributed by atoms with Crippen molar-refractivity contribution in [2.24, 2.45) is 0 Å². The number of fused-ring (bicyclic) bond motifs is 2. The maximum Gasteiger partial charge on any atom is 0.281 e. The molecule has 0 aromatic heterocycles. The summed E-state index contributed by atoms with van der Waals surface area (Å²) in [6.07, 6.45) is 0. The van der Waals surface area contributed by atoms with E-state index in [1.807, 2.05) is 0 Å². The number of ether oxygens (including phenoxy) is 1. The lowest BCUT2D eigenvalue weighted by Gasteiger charge is -2.19. The molecular weight excluding hydrogens is 286 g/mol. The smallest absolute Gasteiger partial charge is 0.281 e. The molecule has 0 saturated heterocycles. The van der Waals surface area contributed by atoms with Crippen LogP contribution in [0.1, 0.15) is 38.8 Å². The minimum absolute atomic E-state index is 0.0280. The van der Waals surface area contributed by atoms with Gasteiger partial charge in [-0.15, -0.1) is 0 Å². The Morgan fingerprint density at radius 1 is 1.00 bits per heavy atom. The maximum atomic E-state index is 12.7. The first kappa shape index (κ1) is 13.9. The molecule has 0 unspecified atom stereocenters. The van der Waals surface area contributed by atoms with Crippen molar-refractivity contribution in [2.45, 2.75) is 6.92 Å². The molecule has 0 saturated carbocycles. The van der Waals surface area contributed by atoms with Crippen LogP contribution in [0.25, 0.3) is 0 Å². The molecular formula is C16H11NO5. The second kappa shape index (κ2) is 5.07. The number of rotatable bonds is 3. The number of carbonyl (C=O) groups excluding carboxylic acids is 2. The van der Waals surface area contributed by atoms with Gasteiger partial charge < -0.3 is 4.74 Å². The highest BCUT2D eigenvalue weighted by Crippen LogP contribution is 2.38. The Hall–Kier alpha value is -3.02. The molecule has 0 N–H and O–H groups in total. The van der Waals surface area contributed by atoms with Crippen LogP contribution in [0.4, 0.5) is 5.69 Å². The quantitative estimate of drug-likeness (QED) is 0.548. The van der Waals surface area contributed by atoms with Gasteiger partial charge in [0.25, 0.3) is 5.69 Å². The van der Waals surface area contributed by atoms with Crippen molar-refractivity contribution in [1.82, 2.24) is 0 Å². The van der Waals surface area contributed by atoms with Crippen LogP contribution < -0.4 is 4.74 Å². The fourth-order valence-corrected chi connectivity index (χ4v) is 2.60. The topological polar surface area (TPSA) is 86.5 Å². The first-order valence-electron chi connectivity index (χ1n) is 6.68. The normalized spacial score (nSPS) is 12.6. The van der Waals surface area contributed by atoms with E-state index in [1.54, 1.807) is 19.1 Å². The van der Waals surface area contributed by atoms with Crippen molar-refractivity contribution in [3.63, 3.8) is 0 Å². The van der Waals surface area contributed by atoms with Gasteiger partial charge in [0.2, 0.25) is 5.78 Å². The summed E-state index contributed by atoms with van der Waals surface area (Å²) in [4.78, 5) is 35.8. The summed E-state index contributed by atoms with van der Waals surface area (Å²) in [7, 11) is 0. The van der Waals surface area contributed by atoms with Crippen LogP contribution in [-0.2, 0) is 0 Å². The Kier molecular flexibility index (Phi) is 3.21. The van der Waals surface area contributed by atoms with Crippen LogP contribution in [0.5, 0.6) is 5.75 Å². The summed E-state index contributed by atoms with van der Waals surface area (Å²) in [6.45, 7) is 2.02. The fourth-order valence-electron chi connectivity index (χ4n) is 2.60. The third-order valence-electron chi connectivity index (χ3n) is 3.51. The van der Waals surface area contributed by atoms with E-state index >= 15 is 0 Å². The van der Waals surface area contributed by atoms with Crippen molar-refractivity contribution >= 4 is 17.3 Å². The zero-order valence-electron chi connectivity index (χ0n) is 11.7. The molecule has 0 spiro atoms. The molecule has 0 bridgehead atoms. The van der Waals surface area contributed by atoms with Crippen LogP contribution in [0, 0.1) is 10.1 Å². The Morgan fingerprint density at radius 2 is 1.59 bits per heavy atom. The molecule has 1 aliphatic rings. The number of nitrogens with zero attached hydrogens (tertiary/aromatic N) is 1. The van der Waals surface area contributed by atoms with E-state index in [9.17, 15) is 19.7 Å². The Labute approximate surface area is 125 Å². The van der Waals surface area contributed by atoms with E-state index in [0.29, 0.717) is 0 Å². The van der Waals surface area contributed by atoms with Gasteiger partial charge in [0.05, 0.1) is 17.1 Å².